The number of nitrogens with two attached hydrogens (primary N) is 1. The third-order valence-corrected chi connectivity index (χ3v) is 3.71. The molecule has 1 aliphatic rings. The summed E-state index contributed by atoms with van der Waals surface area (Å²) >= 11 is 0. The number of halogens is 2. The van der Waals surface area contributed by atoms with E-state index in [9.17, 15) is 8.78 Å². The summed E-state index contributed by atoms with van der Waals surface area (Å²) < 4.78 is 25.2. The Bertz CT molecular complexity index is 395. The lowest BCUT2D eigenvalue weighted by Gasteiger charge is -2.21. The van der Waals surface area contributed by atoms with E-state index in [1.165, 1.54) is 6.07 Å². The number of nitrogens with zero attached hydrogens (tertiary/aromatic N) is 1. The molecule has 0 spiro atoms. The second-order valence-electron chi connectivity index (χ2n) is 5.16. The number of rotatable bonds is 4. The van der Waals surface area contributed by atoms with Crippen LogP contribution in [0.5, 0.6) is 0 Å². The van der Waals surface area contributed by atoms with Gasteiger partial charge in [0.15, 0.2) is 0 Å². The summed E-state index contributed by atoms with van der Waals surface area (Å²) in [5.74, 6) is 0.540. The topological polar surface area (TPSA) is 29.3 Å². The van der Waals surface area contributed by atoms with Crippen LogP contribution in [0.3, 0.4) is 0 Å². The highest BCUT2D eigenvalue weighted by Gasteiger charge is 2.27. The smallest absolute Gasteiger partial charge is 0.263 e. The quantitative estimate of drug-likeness (QED) is 0.895. The molecule has 0 radical (unpaired) electrons. The maximum Gasteiger partial charge on any atom is 0.263 e. The van der Waals surface area contributed by atoms with Crippen LogP contribution in [0.25, 0.3) is 0 Å². The fourth-order valence-electron chi connectivity index (χ4n) is 2.67. The Kier molecular flexibility index (Phi) is 4.30. The Hall–Kier alpha value is -1.00. The lowest BCUT2D eigenvalue weighted by Crippen LogP contribution is -2.27. The van der Waals surface area contributed by atoms with Crippen LogP contribution >= 0.6 is 0 Å². The molecule has 0 aliphatic carbocycles. The fourth-order valence-corrected chi connectivity index (χ4v) is 2.67. The average molecular weight is 254 g/mol. The highest BCUT2D eigenvalue weighted by atomic mass is 19.3. The van der Waals surface area contributed by atoms with Gasteiger partial charge in [0.1, 0.15) is 0 Å². The van der Waals surface area contributed by atoms with Gasteiger partial charge in [-0.05, 0) is 37.4 Å². The first kappa shape index (κ1) is 13.4. The van der Waals surface area contributed by atoms with E-state index in [-0.39, 0.29) is 5.56 Å². The molecule has 2 N–H and O–H groups in total. The molecule has 100 valence electrons. The van der Waals surface area contributed by atoms with E-state index >= 15 is 0 Å². The molecule has 18 heavy (non-hydrogen) atoms. The van der Waals surface area contributed by atoms with Crippen molar-refractivity contribution in [3.63, 3.8) is 0 Å². The van der Waals surface area contributed by atoms with Gasteiger partial charge in [0, 0.05) is 24.7 Å². The molecule has 2 nitrogen and oxygen atoms in total. The molecule has 1 heterocycles. The summed E-state index contributed by atoms with van der Waals surface area (Å²) in [6, 6.07) is 7.18. The van der Waals surface area contributed by atoms with Crippen molar-refractivity contribution >= 4 is 0 Å². The van der Waals surface area contributed by atoms with Gasteiger partial charge in [0.05, 0.1) is 0 Å². The normalized spacial score (nSPS) is 24.9. The Morgan fingerprint density at radius 1 is 1.44 bits per heavy atom. The fraction of sp³-hybridized carbons (Fsp3) is 0.571. The van der Waals surface area contributed by atoms with E-state index in [2.05, 4.69) is 11.8 Å². The summed E-state index contributed by atoms with van der Waals surface area (Å²) in [6.45, 7) is 4.58. The van der Waals surface area contributed by atoms with Crippen LogP contribution in [0, 0.1) is 5.92 Å². The zero-order valence-corrected chi connectivity index (χ0v) is 10.7. The Morgan fingerprint density at radius 2 is 2.22 bits per heavy atom. The van der Waals surface area contributed by atoms with Crippen molar-refractivity contribution in [3.8, 4) is 0 Å². The van der Waals surface area contributed by atoms with Crippen molar-refractivity contribution in [2.45, 2.75) is 32.4 Å². The van der Waals surface area contributed by atoms with Crippen molar-refractivity contribution < 1.29 is 8.78 Å². The Balaban J connectivity index is 2.03. The molecular weight excluding hydrogens is 234 g/mol. The Morgan fingerprint density at radius 3 is 2.83 bits per heavy atom. The molecule has 0 saturated carbocycles. The average Bonchev–Trinajstić information content (AvgIpc) is 2.70. The van der Waals surface area contributed by atoms with E-state index in [4.69, 9.17) is 5.73 Å². The molecule has 0 aromatic heterocycles. The Labute approximate surface area is 107 Å². The molecule has 1 saturated heterocycles. The first-order valence-corrected chi connectivity index (χ1v) is 6.41. The number of likely N-dealkylation sites (tertiary alicyclic amines) is 1. The van der Waals surface area contributed by atoms with E-state index in [0.29, 0.717) is 18.5 Å². The van der Waals surface area contributed by atoms with Gasteiger partial charge < -0.3 is 5.73 Å². The monoisotopic (exact) mass is 254 g/mol. The van der Waals surface area contributed by atoms with E-state index < -0.39 is 6.43 Å². The van der Waals surface area contributed by atoms with Gasteiger partial charge in [-0.15, -0.1) is 0 Å². The number of benzene rings is 1. The molecule has 2 unspecified atom stereocenters. The minimum Gasteiger partial charge on any atom is -0.330 e. The van der Waals surface area contributed by atoms with Crippen molar-refractivity contribution in [2.75, 3.05) is 13.1 Å². The first-order valence-electron chi connectivity index (χ1n) is 6.41. The van der Waals surface area contributed by atoms with Gasteiger partial charge in [-0.2, -0.15) is 0 Å². The minimum atomic E-state index is -2.39. The van der Waals surface area contributed by atoms with E-state index in [1.807, 2.05) is 6.07 Å². The summed E-state index contributed by atoms with van der Waals surface area (Å²) in [5.41, 5.74) is 6.75. The second kappa shape index (κ2) is 5.76. The van der Waals surface area contributed by atoms with E-state index in [1.54, 1.807) is 12.1 Å². The van der Waals surface area contributed by atoms with Crippen LogP contribution in [0.15, 0.2) is 24.3 Å². The zero-order chi connectivity index (χ0) is 13.1. The number of hydrogen-bond acceptors (Lipinski definition) is 2. The number of alkyl halides is 2. The van der Waals surface area contributed by atoms with Gasteiger partial charge in [0.2, 0.25) is 0 Å². The standard InChI is InChI=1S/C14H20F2N2/c1-10-5-12(7-17)9-18(10)8-11-3-2-4-13(6-11)14(15)16/h2-4,6,10,12,14H,5,7-9,17H2,1H3. The van der Waals surface area contributed by atoms with Gasteiger partial charge in [-0.1, -0.05) is 18.2 Å². The van der Waals surface area contributed by atoms with Gasteiger partial charge in [-0.25, -0.2) is 8.78 Å². The highest BCUT2D eigenvalue weighted by Crippen LogP contribution is 2.25. The molecule has 0 amide bonds. The summed E-state index contributed by atoms with van der Waals surface area (Å²) in [6.07, 6.45) is -1.29. The molecule has 4 heteroatoms. The van der Waals surface area contributed by atoms with Crippen LogP contribution < -0.4 is 5.73 Å². The van der Waals surface area contributed by atoms with Gasteiger partial charge in [-0.3, -0.25) is 4.90 Å². The third kappa shape index (κ3) is 3.06. The van der Waals surface area contributed by atoms with Crippen molar-refractivity contribution in [1.82, 2.24) is 4.90 Å². The molecule has 2 atom stereocenters. The lowest BCUT2D eigenvalue weighted by molar-refractivity contribution is 0.151. The minimum absolute atomic E-state index is 0.106. The third-order valence-electron chi connectivity index (χ3n) is 3.71. The maximum atomic E-state index is 12.6. The van der Waals surface area contributed by atoms with Crippen molar-refractivity contribution in [3.05, 3.63) is 35.4 Å². The highest BCUT2D eigenvalue weighted by molar-refractivity contribution is 5.24. The lowest BCUT2D eigenvalue weighted by atomic mass is 10.1. The van der Waals surface area contributed by atoms with Crippen molar-refractivity contribution in [2.24, 2.45) is 11.7 Å². The predicted octanol–water partition coefficient (Wildman–Crippen LogP) is 2.79. The second-order valence-corrected chi connectivity index (χ2v) is 5.16. The van der Waals surface area contributed by atoms with Gasteiger partial charge >= 0.3 is 0 Å². The van der Waals surface area contributed by atoms with E-state index in [0.717, 1.165) is 25.1 Å². The largest absolute Gasteiger partial charge is 0.330 e. The van der Waals surface area contributed by atoms with Crippen LogP contribution in [-0.2, 0) is 6.54 Å². The van der Waals surface area contributed by atoms with Crippen LogP contribution in [-0.4, -0.2) is 24.0 Å². The SMILES string of the molecule is CC1CC(CN)CN1Cc1cccc(C(F)F)c1. The molecule has 1 fully saturated rings. The number of hydrogen-bond donors (Lipinski definition) is 1. The van der Waals surface area contributed by atoms with Gasteiger partial charge in [0.25, 0.3) is 6.43 Å². The molecule has 2 rings (SSSR count). The first-order chi connectivity index (χ1) is 8.60. The summed E-state index contributed by atoms with van der Waals surface area (Å²) in [5, 5.41) is 0. The molecule has 1 aromatic rings. The molecule has 1 aromatic carbocycles. The van der Waals surface area contributed by atoms with Crippen molar-refractivity contribution in [1.29, 1.82) is 0 Å². The van der Waals surface area contributed by atoms with Crippen LogP contribution in [0.2, 0.25) is 0 Å². The zero-order valence-electron chi connectivity index (χ0n) is 10.7. The predicted molar refractivity (Wildman–Crippen MR) is 68.4 cm³/mol. The van der Waals surface area contributed by atoms with Crippen LogP contribution in [0.1, 0.15) is 30.9 Å². The molecule has 1 aliphatic heterocycles. The molecule has 0 bridgehead atoms. The summed E-state index contributed by atoms with van der Waals surface area (Å²) in [4.78, 5) is 2.32. The maximum absolute atomic E-state index is 12.6. The molecular formula is C14H20F2N2. The summed E-state index contributed by atoms with van der Waals surface area (Å²) in [7, 11) is 0. The van der Waals surface area contributed by atoms with Crippen LogP contribution in [0.4, 0.5) is 8.78 Å².